The molecule has 0 amide bonds. The van der Waals surface area contributed by atoms with Gasteiger partial charge in [-0.25, -0.2) is 0 Å². The van der Waals surface area contributed by atoms with Crippen LogP contribution >= 0.6 is 0 Å². The maximum absolute atomic E-state index is 12.2. The number of rotatable bonds is 4. The number of hydrogen-bond acceptors (Lipinski definition) is 1. The van der Waals surface area contributed by atoms with Crippen molar-refractivity contribution in [2.24, 2.45) is 0 Å². The molecule has 0 atom stereocenters. The molecule has 1 rings (SSSR count). The molecule has 1 aromatic rings. The summed E-state index contributed by atoms with van der Waals surface area (Å²) in [6.45, 7) is 1.89. The monoisotopic (exact) mass is 230 g/mol. The number of halogens is 3. The van der Waals surface area contributed by atoms with Crippen LogP contribution in [0.25, 0.3) is 0 Å². The average molecular weight is 230 g/mol. The highest BCUT2D eigenvalue weighted by atomic mass is 19.4. The SMILES string of the molecule is CCCC(=O)Cc1ccc(C(F)(F)F)cc1. The predicted molar refractivity (Wildman–Crippen MR) is 55.1 cm³/mol. The van der Waals surface area contributed by atoms with Crippen LogP contribution in [0.2, 0.25) is 0 Å². The Morgan fingerprint density at radius 3 is 2.19 bits per heavy atom. The molecule has 0 bridgehead atoms. The van der Waals surface area contributed by atoms with Crippen molar-refractivity contribution in [3.05, 3.63) is 35.4 Å². The molecule has 0 fully saturated rings. The van der Waals surface area contributed by atoms with Gasteiger partial charge in [0, 0.05) is 12.8 Å². The van der Waals surface area contributed by atoms with Gasteiger partial charge in [0.1, 0.15) is 5.78 Å². The summed E-state index contributed by atoms with van der Waals surface area (Å²) in [5.41, 5.74) is -0.0503. The number of hydrogen-bond donors (Lipinski definition) is 0. The molecule has 0 aliphatic heterocycles. The van der Waals surface area contributed by atoms with E-state index in [0.29, 0.717) is 12.0 Å². The Kier molecular flexibility index (Phi) is 4.10. The Morgan fingerprint density at radius 1 is 1.19 bits per heavy atom. The predicted octanol–water partition coefficient (Wildman–Crippen LogP) is 3.62. The molecular weight excluding hydrogens is 217 g/mol. The molecule has 1 nitrogen and oxygen atoms in total. The van der Waals surface area contributed by atoms with Crippen LogP contribution in [-0.2, 0) is 17.4 Å². The second-order valence-electron chi connectivity index (χ2n) is 3.66. The third-order valence-corrected chi connectivity index (χ3v) is 2.21. The molecule has 0 N–H and O–H groups in total. The summed E-state index contributed by atoms with van der Waals surface area (Å²) in [6, 6.07) is 4.73. The van der Waals surface area contributed by atoms with Crippen molar-refractivity contribution in [1.82, 2.24) is 0 Å². The molecule has 0 heterocycles. The van der Waals surface area contributed by atoms with Crippen LogP contribution in [0.5, 0.6) is 0 Å². The molecule has 0 aliphatic carbocycles. The topological polar surface area (TPSA) is 17.1 Å². The van der Waals surface area contributed by atoms with Crippen LogP contribution in [-0.4, -0.2) is 5.78 Å². The number of Topliss-reactive ketones (excluding diaryl/α,β-unsaturated/α-hetero) is 1. The first-order valence-corrected chi connectivity index (χ1v) is 5.11. The minimum Gasteiger partial charge on any atom is -0.299 e. The molecule has 0 radical (unpaired) electrons. The fourth-order valence-electron chi connectivity index (χ4n) is 1.41. The standard InChI is InChI=1S/C12H13F3O/c1-2-3-11(16)8-9-4-6-10(7-5-9)12(13,14)15/h4-7H,2-3,8H2,1H3. The van der Waals surface area contributed by atoms with Gasteiger partial charge in [-0.2, -0.15) is 13.2 Å². The highest BCUT2D eigenvalue weighted by Gasteiger charge is 2.29. The van der Waals surface area contributed by atoms with E-state index in [2.05, 4.69) is 0 Å². The Balaban J connectivity index is 2.69. The second kappa shape index (κ2) is 5.14. The molecule has 88 valence electrons. The first kappa shape index (κ1) is 12.7. The Hall–Kier alpha value is -1.32. The lowest BCUT2D eigenvalue weighted by atomic mass is 10.0. The minimum absolute atomic E-state index is 0.0576. The van der Waals surface area contributed by atoms with E-state index in [1.807, 2.05) is 6.92 Å². The lowest BCUT2D eigenvalue weighted by Crippen LogP contribution is -2.06. The zero-order valence-corrected chi connectivity index (χ0v) is 8.97. The van der Waals surface area contributed by atoms with Crippen molar-refractivity contribution in [3.8, 4) is 0 Å². The number of carbonyl (C=O) groups excluding carboxylic acids is 1. The van der Waals surface area contributed by atoms with E-state index in [1.54, 1.807) is 0 Å². The quantitative estimate of drug-likeness (QED) is 0.772. The van der Waals surface area contributed by atoms with Crippen molar-refractivity contribution in [2.75, 3.05) is 0 Å². The normalized spacial score (nSPS) is 11.5. The fourth-order valence-corrected chi connectivity index (χ4v) is 1.41. The second-order valence-corrected chi connectivity index (χ2v) is 3.66. The zero-order chi connectivity index (χ0) is 12.2. The van der Waals surface area contributed by atoms with Gasteiger partial charge in [-0.15, -0.1) is 0 Å². The van der Waals surface area contributed by atoms with Gasteiger partial charge in [-0.05, 0) is 24.1 Å². The molecule has 0 aliphatic rings. The fraction of sp³-hybridized carbons (Fsp3) is 0.417. The highest BCUT2D eigenvalue weighted by Crippen LogP contribution is 2.29. The largest absolute Gasteiger partial charge is 0.416 e. The summed E-state index contributed by atoms with van der Waals surface area (Å²) in [7, 11) is 0. The van der Waals surface area contributed by atoms with Crippen LogP contribution in [0.15, 0.2) is 24.3 Å². The first-order chi connectivity index (χ1) is 7.43. The van der Waals surface area contributed by atoms with Crippen molar-refractivity contribution < 1.29 is 18.0 Å². The highest BCUT2D eigenvalue weighted by molar-refractivity contribution is 5.80. The lowest BCUT2D eigenvalue weighted by molar-refractivity contribution is -0.137. The number of ketones is 1. The molecule has 1 aromatic carbocycles. The van der Waals surface area contributed by atoms with Gasteiger partial charge < -0.3 is 0 Å². The van der Waals surface area contributed by atoms with E-state index in [4.69, 9.17) is 0 Å². The van der Waals surface area contributed by atoms with E-state index in [-0.39, 0.29) is 12.2 Å². The molecule has 0 unspecified atom stereocenters. The van der Waals surface area contributed by atoms with Crippen LogP contribution in [0.4, 0.5) is 13.2 Å². The summed E-state index contributed by atoms with van der Waals surface area (Å²) in [5, 5.41) is 0. The molecule has 0 aromatic heterocycles. The number of carbonyl (C=O) groups is 1. The molecule has 0 saturated heterocycles. The first-order valence-electron chi connectivity index (χ1n) is 5.11. The zero-order valence-electron chi connectivity index (χ0n) is 8.97. The van der Waals surface area contributed by atoms with E-state index < -0.39 is 11.7 Å². The van der Waals surface area contributed by atoms with Crippen molar-refractivity contribution >= 4 is 5.78 Å². The van der Waals surface area contributed by atoms with Gasteiger partial charge in [0.05, 0.1) is 5.56 Å². The summed E-state index contributed by atoms with van der Waals surface area (Å²) < 4.78 is 36.7. The molecular formula is C12H13F3O. The Bertz CT molecular complexity index is 352. The van der Waals surface area contributed by atoms with E-state index in [1.165, 1.54) is 12.1 Å². The van der Waals surface area contributed by atoms with E-state index in [9.17, 15) is 18.0 Å². The summed E-state index contributed by atoms with van der Waals surface area (Å²) in [5.74, 6) is 0.0576. The van der Waals surface area contributed by atoms with E-state index in [0.717, 1.165) is 18.6 Å². The average Bonchev–Trinajstić information content (AvgIpc) is 2.17. The van der Waals surface area contributed by atoms with Crippen molar-refractivity contribution in [3.63, 3.8) is 0 Å². The number of benzene rings is 1. The molecule has 0 spiro atoms. The minimum atomic E-state index is -4.31. The third kappa shape index (κ3) is 3.68. The molecule has 16 heavy (non-hydrogen) atoms. The van der Waals surface area contributed by atoms with Crippen LogP contribution in [0.1, 0.15) is 30.9 Å². The summed E-state index contributed by atoms with van der Waals surface area (Å²) >= 11 is 0. The third-order valence-electron chi connectivity index (χ3n) is 2.21. The Labute approximate surface area is 92.3 Å². The van der Waals surface area contributed by atoms with Gasteiger partial charge in [0.25, 0.3) is 0 Å². The van der Waals surface area contributed by atoms with E-state index >= 15 is 0 Å². The van der Waals surface area contributed by atoms with Gasteiger partial charge in [-0.3, -0.25) is 4.79 Å². The van der Waals surface area contributed by atoms with Gasteiger partial charge >= 0.3 is 6.18 Å². The Morgan fingerprint density at radius 2 is 1.75 bits per heavy atom. The van der Waals surface area contributed by atoms with Gasteiger partial charge in [0.15, 0.2) is 0 Å². The van der Waals surface area contributed by atoms with Crippen LogP contribution < -0.4 is 0 Å². The maximum Gasteiger partial charge on any atom is 0.416 e. The smallest absolute Gasteiger partial charge is 0.299 e. The molecule has 4 heteroatoms. The van der Waals surface area contributed by atoms with Gasteiger partial charge in [-0.1, -0.05) is 19.1 Å². The van der Waals surface area contributed by atoms with Gasteiger partial charge in [0.2, 0.25) is 0 Å². The lowest BCUT2D eigenvalue weighted by Gasteiger charge is -2.07. The summed E-state index contributed by atoms with van der Waals surface area (Å²) in [4.78, 5) is 11.3. The number of alkyl halides is 3. The summed E-state index contributed by atoms with van der Waals surface area (Å²) in [6.07, 6.45) is -2.86. The maximum atomic E-state index is 12.2. The van der Waals surface area contributed by atoms with Crippen LogP contribution in [0.3, 0.4) is 0 Å². The van der Waals surface area contributed by atoms with Crippen molar-refractivity contribution in [1.29, 1.82) is 0 Å². The molecule has 0 saturated carbocycles. The van der Waals surface area contributed by atoms with Crippen LogP contribution in [0, 0.1) is 0 Å². The van der Waals surface area contributed by atoms with Crippen molar-refractivity contribution in [2.45, 2.75) is 32.4 Å².